The van der Waals surface area contributed by atoms with E-state index < -0.39 is 4.92 Å². The normalized spacial score (nSPS) is 10.6. The molecule has 0 aliphatic carbocycles. The second-order valence-electron chi connectivity index (χ2n) is 5.96. The Morgan fingerprint density at radius 2 is 1.85 bits per heavy atom. The Morgan fingerprint density at radius 3 is 2.56 bits per heavy atom. The molecule has 8 heteroatoms. The topological polar surface area (TPSA) is 94.2 Å². The lowest BCUT2D eigenvalue weighted by Gasteiger charge is -2.07. The summed E-state index contributed by atoms with van der Waals surface area (Å²) in [6.45, 7) is 2.29. The van der Waals surface area contributed by atoms with Gasteiger partial charge in [0.2, 0.25) is 0 Å². The quantitative estimate of drug-likeness (QED) is 0.523. The molecule has 0 fully saturated rings. The summed E-state index contributed by atoms with van der Waals surface area (Å²) in [4.78, 5) is 35.3. The highest BCUT2D eigenvalue weighted by Gasteiger charge is 2.18. The zero-order valence-electron chi connectivity index (χ0n) is 14.5. The van der Waals surface area contributed by atoms with Crippen molar-refractivity contribution in [1.82, 2.24) is 9.88 Å². The van der Waals surface area contributed by atoms with Crippen LogP contribution in [-0.4, -0.2) is 15.4 Å². The van der Waals surface area contributed by atoms with Crippen LogP contribution in [-0.2, 0) is 13.1 Å². The standard InChI is InChI=1S/C19H17N3O4S/c1-13-17(27-19(24)21(13)12-14-6-3-2-4-7-14)18(23)20-11-15-8-5-9-16(10-15)22(25)26/h2-10H,11-12H2,1H3,(H,20,23). The molecule has 0 bridgehead atoms. The fourth-order valence-electron chi connectivity index (χ4n) is 2.68. The van der Waals surface area contributed by atoms with Crippen molar-refractivity contribution < 1.29 is 9.72 Å². The van der Waals surface area contributed by atoms with Gasteiger partial charge in [0.05, 0.1) is 11.5 Å². The van der Waals surface area contributed by atoms with Gasteiger partial charge in [-0.3, -0.25) is 24.3 Å². The van der Waals surface area contributed by atoms with Crippen molar-refractivity contribution >= 4 is 22.9 Å². The number of benzene rings is 2. The summed E-state index contributed by atoms with van der Waals surface area (Å²) in [5.41, 5.74) is 2.16. The van der Waals surface area contributed by atoms with Crippen LogP contribution >= 0.6 is 11.3 Å². The maximum atomic E-state index is 12.5. The Morgan fingerprint density at radius 1 is 1.15 bits per heavy atom. The maximum absolute atomic E-state index is 12.5. The number of hydrogen-bond donors (Lipinski definition) is 1. The van der Waals surface area contributed by atoms with Crippen molar-refractivity contribution in [3.63, 3.8) is 0 Å². The highest BCUT2D eigenvalue weighted by molar-refractivity contribution is 7.11. The highest BCUT2D eigenvalue weighted by atomic mass is 32.1. The summed E-state index contributed by atoms with van der Waals surface area (Å²) in [5.74, 6) is -0.368. The van der Waals surface area contributed by atoms with E-state index in [2.05, 4.69) is 5.32 Å². The van der Waals surface area contributed by atoms with Gasteiger partial charge in [-0.05, 0) is 18.1 Å². The van der Waals surface area contributed by atoms with Crippen molar-refractivity contribution in [3.8, 4) is 0 Å². The number of amides is 1. The Balaban J connectivity index is 1.74. The summed E-state index contributed by atoms with van der Waals surface area (Å²) in [6.07, 6.45) is 0. The summed E-state index contributed by atoms with van der Waals surface area (Å²) < 4.78 is 1.57. The van der Waals surface area contributed by atoms with Crippen LogP contribution in [0.3, 0.4) is 0 Å². The maximum Gasteiger partial charge on any atom is 0.308 e. The van der Waals surface area contributed by atoms with Gasteiger partial charge in [0.1, 0.15) is 4.88 Å². The van der Waals surface area contributed by atoms with Gasteiger partial charge in [-0.25, -0.2) is 0 Å². The highest BCUT2D eigenvalue weighted by Crippen LogP contribution is 2.15. The number of non-ortho nitro benzene ring substituents is 1. The van der Waals surface area contributed by atoms with Crippen LogP contribution in [0.25, 0.3) is 0 Å². The van der Waals surface area contributed by atoms with Crippen molar-refractivity contribution in [2.24, 2.45) is 0 Å². The Labute approximate surface area is 159 Å². The minimum Gasteiger partial charge on any atom is -0.347 e. The van der Waals surface area contributed by atoms with Crippen LogP contribution in [0.4, 0.5) is 5.69 Å². The molecule has 7 nitrogen and oxygen atoms in total. The monoisotopic (exact) mass is 383 g/mol. The van der Waals surface area contributed by atoms with Crippen LogP contribution in [0.15, 0.2) is 59.4 Å². The zero-order valence-corrected chi connectivity index (χ0v) is 15.4. The van der Waals surface area contributed by atoms with E-state index in [0.29, 0.717) is 22.7 Å². The molecule has 0 radical (unpaired) electrons. The number of thiazole rings is 1. The van der Waals surface area contributed by atoms with Gasteiger partial charge in [0.25, 0.3) is 11.6 Å². The summed E-state index contributed by atoms with van der Waals surface area (Å²) >= 11 is 0.899. The molecule has 0 saturated carbocycles. The third-order valence-electron chi connectivity index (χ3n) is 4.11. The molecule has 3 rings (SSSR count). The van der Waals surface area contributed by atoms with Gasteiger partial charge < -0.3 is 5.32 Å². The number of nitro groups is 1. The minimum absolute atomic E-state index is 0.0309. The SMILES string of the molecule is Cc1c(C(=O)NCc2cccc([N+](=O)[O-])c2)sc(=O)n1Cc1ccccc1. The Kier molecular flexibility index (Phi) is 5.46. The molecule has 1 amide bonds. The van der Waals surface area contributed by atoms with Crippen LogP contribution < -0.4 is 10.2 Å². The van der Waals surface area contributed by atoms with Crippen LogP contribution in [0.2, 0.25) is 0 Å². The van der Waals surface area contributed by atoms with Gasteiger partial charge in [-0.2, -0.15) is 0 Å². The number of nitro benzene ring substituents is 1. The first kappa shape index (κ1) is 18.5. The van der Waals surface area contributed by atoms with E-state index in [1.807, 2.05) is 30.3 Å². The average Bonchev–Trinajstić information content (AvgIpc) is 2.95. The van der Waals surface area contributed by atoms with Crippen LogP contribution in [0.1, 0.15) is 26.5 Å². The predicted molar refractivity (Wildman–Crippen MR) is 103 cm³/mol. The number of carbonyl (C=O) groups is 1. The largest absolute Gasteiger partial charge is 0.347 e. The first-order valence-electron chi connectivity index (χ1n) is 8.21. The second kappa shape index (κ2) is 7.96. The molecule has 1 heterocycles. The molecule has 2 aromatic carbocycles. The predicted octanol–water partition coefficient (Wildman–Crippen LogP) is 3.10. The van der Waals surface area contributed by atoms with E-state index >= 15 is 0 Å². The summed E-state index contributed by atoms with van der Waals surface area (Å²) in [5, 5.41) is 13.6. The van der Waals surface area contributed by atoms with E-state index in [0.717, 1.165) is 16.9 Å². The van der Waals surface area contributed by atoms with E-state index in [-0.39, 0.29) is 23.0 Å². The molecule has 0 spiro atoms. The number of carbonyl (C=O) groups excluding carboxylic acids is 1. The molecule has 3 aromatic rings. The third-order valence-corrected chi connectivity index (χ3v) is 5.19. The number of hydrogen-bond acceptors (Lipinski definition) is 5. The molecule has 0 unspecified atom stereocenters. The van der Waals surface area contributed by atoms with Crippen LogP contribution in [0.5, 0.6) is 0 Å². The third kappa shape index (κ3) is 4.29. The molecule has 0 atom stereocenters. The van der Waals surface area contributed by atoms with Gasteiger partial charge in [-0.15, -0.1) is 0 Å². The van der Waals surface area contributed by atoms with Gasteiger partial charge >= 0.3 is 4.87 Å². The Bertz CT molecular complexity index is 1040. The molecule has 0 saturated heterocycles. The van der Waals surface area contributed by atoms with E-state index in [9.17, 15) is 19.7 Å². The molecule has 27 heavy (non-hydrogen) atoms. The van der Waals surface area contributed by atoms with Crippen LogP contribution in [0, 0.1) is 17.0 Å². The fraction of sp³-hybridized carbons (Fsp3) is 0.158. The summed E-state index contributed by atoms with van der Waals surface area (Å²) in [6, 6.07) is 15.6. The van der Waals surface area contributed by atoms with Crippen molar-refractivity contribution in [2.45, 2.75) is 20.0 Å². The minimum atomic E-state index is -0.481. The first-order chi connectivity index (χ1) is 13.0. The molecule has 1 aromatic heterocycles. The molecule has 1 N–H and O–H groups in total. The van der Waals surface area contributed by atoms with E-state index in [1.54, 1.807) is 23.6 Å². The number of rotatable bonds is 6. The average molecular weight is 383 g/mol. The zero-order chi connectivity index (χ0) is 19.4. The summed E-state index contributed by atoms with van der Waals surface area (Å²) in [7, 11) is 0. The fourth-order valence-corrected chi connectivity index (χ4v) is 3.59. The van der Waals surface area contributed by atoms with Crippen molar-refractivity contribution in [1.29, 1.82) is 0 Å². The lowest BCUT2D eigenvalue weighted by Crippen LogP contribution is -2.23. The smallest absolute Gasteiger partial charge is 0.308 e. The molecule has 0 aliphatic rings. The number of nitrogens with one attached hydrogen (secondary N) is 1. The molecular weight excluding hydrogens is 366 g/mol. The van der Waals surface area contributed by atoms with E-state index in [4.69, 9.17) is 0 Å². The van der Waals surface area contributed by atoms with E-state index in [1.165, 1.54) is 12.1 Å². The molecule has 0 aliphatic heterocycles. The lowest BCUT2D eigenvalue weighted by molar-refractivity contribution is -0.384. The number of nitrogens with zero attached hydrogens (tertiary/aromatic N) is 2. The second-order valence-corrected chi connectivity index (χ2v) is 6.93. The molecule has 138 valence electrons. The number of aromatic nitrogens is 1. The first-order valence-corrected chi connectivity index (χ1v) is 9.03. The van der Waals surface area contributed by atoms with Gasteiger partial charge in [0, 0.05) is 24.4 Å². The molecular formula is C19H17N3O4S. The van der Waals surface area contributed by atoms with Gasteiger partial charge in [-0.1, -0.05) is 53.8 Å². The van der Waals surface area contributed by atoms with Gasteiger partial charge in [0.15, 0.2) is 0 Å². The van der Waals surface area contributed by atoms with Crippen molar-refractivity contribution in [3.05, 3.63) is 96.1 Å². The van der Waals surface area contributed by atoms with Crippen molar-refractivity contribution in [2.75, 3.05) is 0 Å². The lowest BCUT2D eigenvalue weighted by atomic mass is 10.2. The Hall–Kier alpha value is -3.26.